The van der Waals surface area contributed by atoms with Crippen LogP contribution in [0.15, 0.2) is 24.3 Å². The number of hydrogen-bond donors (Lipinski definition) is 1. The van der Waals surface area contributed by atoms with Crippen LogP contribution in [0, 0.1) is 11.3 Å². The van der Waals surface area contributed by atoms with Crippen molar-refractivity contribution in [1.29, 1.82) is 5.26 Å². The predicted octanol–water partition coefficient (Wildman–Crippen LogP) is 1.38. The minimum absolute atomic E-state index is 0.0904. The van der Waals surface area contributed by atoms with E-state index in [1.807, 2.05) is 6.07 Å². The number of benzene rings is 1. The minimum Gasteiger partial charge on any atom is -0.348 e. The van der Waals surface area contributed by atoms with Crippen LogP contribution >= 0.6 is 0 Å². The Morgan fingerprint density at radius 3 is 3.11 bits per heavy atom. The van der Waals surface area contributed by atoms with Gasteiger partial charge in [0.1, 0.15) is 0 Å². The molecule has 1 aliphatic heterocycles. The summed E-state index contributed by atoms with van der Waals surface area (Å²) < 4.78 is 0. The first-order chi connectivity index (χ1) is 8.69. The Morgan fingerprint density at radius 2 is 2.39 bits per heavy atom. The molecule has 1 aliphatic rings. The normalized spacial score (nSPS) is 20.1. The molecule has 1 N–H and O–H groups in total. The summed E-state index contributed by atoms with van der Waals surface area (Å²) in [6.45, 7) is 1.99. The number of amides is 1. The van der Waals surface area contributed by atoms with Gasteiger partial charge in [-0.1, -0.05) is 6.07 Å². The SMILES string of the molecule is CN1CCCC(NC(=O)c2cccc(C#N)c2)C1. The second kappa shape index (κ2) is 5.65. The van der Waals surface area contributed by atoms with Crippen molar-refractivity contribution in [3.8, 4) is 6.07 Å². The van der Waals surface area contributed by atoms with Gasteiger partial charge in [-0.15, -0.1) is 0 Å². The third-order valence-corrected chi connectivity index (χ3v) is 3.21. The summed E-state index contributed by atoms with van der Waals surface area (Å²) >= 11 is 0. The lowest BCUT2D eigenvalue weighted by atomic mass is 10.1. The zero-order valence-corrected chi connectivity index (χ0v) is 10.5. The number of nitrogens with one attached hydrogen (secondary N) is 1. The average molecular weight is 243 g/mol. The van der Waals surface area contributed by atoms with Crippen molar-refractivity contribution in [2.45, 2.75) is 18.9 Å². The fraction of sp³-hybridized carbons (Fsp3) is 0.429. The lowest BCUT2D eigenvalue weighted by Crippen LogP contribution is -2.46. The standard InChI is InChI=1S/C14H17N3O/c1-17-7-3-6-13(10-17)16-14(18)12-5-2-4-11(8-12)9-15/h2,4-5,8,13H,3,6-7,10H2,1H3,(H,16,18). The van der Waals surface area contributed by atoms with E-state index in [0.29, 0.717) is 11.1 Å². The molecule has 1 saturated heterocycles. The molecular formula is C14H17N3O. The number of likely N-dealkylation sites (N-methyl/N-ethyl adjacent to an activating group) is 1. The Morgan fingerprint density at radius 1 is 1.56 bits per heavy atom. The number of hydrogen-bond acceptors (Lipinski definition) is 3. The van der Waals surface area contributed by atoms with Gasteiger partial charge >= 0.3 is 0 Å². The second-order valence-corrected chi connectivity index (χ2v) is 4.77. The van der Waals surface area contributed by atoms with Gasteiger partial charge in [-0.25, -0.2) is 0 Å². The van der Waals surface area contributed by atoms with Gasteiger partial charge in [-0.3, -0.25) is 4.79 Å². The van der Waals surface area contributed by atoms with E-state index in [1.54, 1.807) is 24.3 Å². The highest BCUT2D eigenvalue weighted by Gasteiger charge is 2.19. The van der Waals surface area contributed by atoms with E-state index < -0.39 is 0 Å². The van der Waals surface area contributed by atoms with Crippen LogP contribution in [-0.2, 0) is 0 Å². The molecule has 18 heavy (non-hydrogen) atoms. The molecule has 0 aliphatic carbocycles. The summed E-state index contributed by atoms with van der Waals surface area (Å²) in [6.07, 6.45) is 2.13. The maximum atomic E-state index is 12.0. The van der Waals surface area contributed by atoms with Crippen molar-refractivity contribution < 1.29 is 4.79 Å². The molecule has 1 fully saturated rings. The quantitative estimate of drug-likeness (QED) is 0.853. The van der Waals surface area contributed by atoms with Gasteiger partial charge in [0.2, 0.25) is 0 Å². The highest BCUT2D eigenvalue weighted by atomic mass is 16.1. The maximum absolute atomic E-state index is 12.0. The van der Waals surface area contributed by atoms with Gasteiger partial charge in [-0.2, -0.15) is 5.26 Å². The van der Waals surface area contributed by atoms with Crippen molar-refractivity contribution in [3.05, 3.63) is 35.4 Å². The Labute approximate surface area is 107 Å². The van der Waals surface area contributed by atoms with Crippen LogP contribution < -0.4 is 5.32 Å². The van der Waals surface area contributed by atoms with E-state index in [4.69, 9.17) is 5.26 Å². The fourth-order valence-corrected chi connectivity index (χ4v) is 2.28. The van der Waals surface area contributed by atoms with Crippen LogP contribution in [0.5, 0.6) is 0 Å². The van der Waals surface area contributed by atoms with Crippen LogP contribution in [0.2, 0.25) is 0 Å². The molecule has 0 aromatic heterocycles. The minimum atomic E-state index is -0.0904. The first-order valence-corrected chi connectivity index (χ1v) is 6.18. The molecule has 1 heterocycles. The lowest BCUT2D eigenvalue weighted by Gasteiger charge is -2.30. The van der Waals surface area contributed by atoms with Crippen LogP contribution in [0.3, 0.4) is 0 Å². The van der Waals surface area contributed by atoms with Crippen molar-refractivity contribution in [1.82, 2.24) is 10.2 Å². The number of carbonyl (C=O) groups excluding carboxylic acids is 1. The molecule has 0 bridgehead atoms. The van der Waals surface area contributed by atoms with Gasteiger partial charge in [0, 0.05) is 18.2 Å². The van der Waals surface area contributed by atoms with Crippen molar-refractivity contribution in [2.75, 3.05) is 20.1 Å². The van der Waals surface area contributed by atoms with Gasteiger partial charge < -0.3 is 10.2 Å². The molecule has 4 heteroatoms. The third-order valence-electron chi connectivity index (χ3n) is 3.21. The molecule has 1 aromatic carbocycles. The van der Waals surface area contributed by atoms with Crippen LogP contribution in [0.25, 0.3) is 0 Å². The molecule has 1 amide bonds. The Bertz CT molecular complexity index is 478. The van der Waals surface area contributed by atoms with E-state index in [2.05, 4.69) is 17.3 Å². The van der Waals surface area contributed by atoms with E-state index in [0.717, 1.165) is 25.9 Å². The predicted molar refractivity (Wildman–Crippen MR) is 69.1 cm³/mol. The molecule has 0 spiro atoms. The molecule has 4 nitrogen and oxygen atoms in total. The molecule has 1 unspecified atom stereocenters. The Balaban J connectivity index is 2.01. The number of carbonyl (C=O) groups is 1. The third kappa shape index (κ3) is 3.08. The molecule has 94 valence electrons. The first-order valence-electron chi connectivity index (χ1n) is 6.18. The van der Waals surface area contributed by atoms with Gasteiger partial charge in [0.05, 0.1) is 11.6 Å². The van der Waals surface area contributed by atoms with Crippen molar-refractivity contribution >= 4 is 5.91 Å². The Hall–Kier alpha value is -1.86. The van der Waals surface area contributed by atoms with Gasteiger partial charge in [-0.05, 0) is 44.6 Å². The fourth-order valence-electron chi connectivity index (χ4n) is 2.28. The van der Waals surface area contributed by atoms with E-state index in [1.165, 1.54) is 0 Å². The van der Waals surface area contributed by atoms with E-state index in [-0.39, 0.29) is 11.9 Å². The molecule has 0 radical (unpaired) electrons. The van der Waals surface area contributed by atoms with Crippen molar-refractivity contribution in [3.63, 3.8) is 0 Å². The summed E-state index contributed by atoms with van der Waals surface area (Å²) in [6, 6.07) is 9.06. The molecule has 0 saturated carbocycles. The number of piperidine rings is 1. The highest BCUT2D eigenvalue weighted by molar-refractivity contribution is 5.94. The number of nitrogens with zero attached hydrogens (tertiary/aromatic N) is 2. The number of rotatable bonds is 2. The largest absolute Gasteiger partial charge is 0.348 e. The molecule has 1 aromatic rings. The summed E-state index contributed by atoms with van der Waals surface area (Å²) in [7, 11) is 2.06. The number of nitriles is 1. The van der Waals surface area contributed by atoms with E-state index >= 15 is 0 Å². The lowest BCUT2D eigenvalue weighted by molar-refractivity contribution is 0.0912. The zero-order chi connectivity index (χ0) is 13.0. The molecule has 1 atom stereocenters. The van der Waals surface area contributed by atoms with Crippen molar-refractivity contribution in [2.24, 2.45) is 0 Å². The summed E-state index contributed by atoms with van der Waals surface area (Å²) in [5.74, 6) is -0.0904. The van der Waals surface area contributed by atoms with Gasteiger partial charge in [0.15, 0.2) is 0 Å². The number of likely N-dealkylation sites (tertiary alicyclic amines) is 1. The summed E-state index contributed by atoms with van der Waals surface area (Å²) in [4.78, 5) is 14.3. The molecule has 2 rings (SSSR count). The van der Waals surface area contributed by atoms with Crippen LogP contribution in [0.4, 0.5) is 0 Å². The monoisotopic (exact) mass is 243 g/mol. The Kier molecular flexibility index (Phi) is 3.96. The first kappa shape index (κ1) is 12.6. The zero-order valence-electron chi connectivity index (χ0n) is 10.5. The summed E-state index contributed by atoms with van der Waals surface area (Å²) in [5.41, 5.74) is 1.07. The average Bonchev–Trinajstić information content (AvgIpc) is 2.39. The van der Waals surface area contributed by atoms with Crippen LogP contribution in [-0.4, -0.2) is 37.0 Å². The topological polar surface area (TPSA) is 56.1 Å². The summed E-state index contributed by atoms with van der Waals surface area (Å²) in [5, 5.41) is 11.8. The van der Waals surface area contributed by atoms with Crippen LogP contribution in [0.1, 0.15) is 28.8 Å². The smallest absolute Gasteiger partial charge is 0.251 e. The van der Waals surface area contributed by atoms with E-state index in [9.17, 15) is 4.79 Å². The maximum Gasteiger partial charge on any atom is 0.251 e. The molecular weight excluding hydrogens is 226 g/mol. The highest BCUT2D eigenvalue weighted by Crippen LogP contribution is 2.10. The second-order valence-electron chi connectivity index (χ2n) is 4.77. The van der Waals surface area contributed by atoms with Gasteiger partial charge in [0.25, 0.3) is 5.91 Å².